The van der Waals surface area contributed by atoms with Crippen molar-refractivity contribution in [1.29, 1.82) is 0 Å². The van der Waals surface area contributed by atoms with E-state index >= 15 is 0 Å². The number of aromatic hydroxyl groups is 1. The summed E-state index contributed by atoms with van der Waals surface area (Å²) < 4.78 is 11.3. The van der Waals surface area contributed by atoms with Crippen LogP contribution in [0, 0.1) is 18.3 Å². The average Bonchev–Trinajstić information content (AvgIpc) is 3.17. The van der Waals surface area contributed by atoms with Crippen molar-refractivity contribution in [1.82, 2.24) is 0 Å². The van der Waals surface area contributed by atoms with E-state index < -0.39 is 70.6 Å². The third-order valence-electron chi connectivity index (χ3n) is 9.72. The fourth-order valence-electron chi connectivity index (χ4n) is 7.83. The topological polar surface area (TPSA) is 168 Å². The highest BCUT2D eigenvalue weighted by atomic mass is 16.5. The molecule has 1 fully saturated rings. The number of aliphatic hydroxyl groups excluding tert-OH is 3. The van der Waals surface area contributed by atoms with Crippen molar-refractivity contribution in [2.24, 2.45) is 11.3 Å². The molecule has 1 spiro atoms. The number of hydrogen-bond acceptors (Lipinski definition) is 10. The molecule has 10 nitrogen and oxygen atoms in total. The van der Waals surface area contributed by atoms with Gasteiger partial charge < -0.3 is 29.9 Å². The maximum atomic E-state index is 14.2. The van der Waals surface area contributed by atoms with Crippen LogP contribution in [0.3, 0.4) is 0 Å². The molecule has 8 rings (SSSR count). The Morgan fingerprint density at radius 3 is 2.64 bits per heavy atom. The maximum absolute atomic E-state index is 14.2. The number of rotatable bonds is 2. The van der Waals surface area contributed by atoms with E-state index in [1.807, 2.05) is 0 Å². The molecule has 1 aliphatic heterocycles. The number of fused-ring (bicyclic) bond motifs is 3. The molecule has 1 unspecified atom stereocenters. The summed E-state index contributed by atoms with van der Waals surface area (Å²) in [6, 6.07) is 6.26. The smallest absolute Gasteiger partial charge is 0.310 e. The van der Waals surface area contributed by atoms with Gasteiger partial charge in [0.15, 0.2) is 23.0 Å². The fourth-order valence-corrected chi connectivity index (χ4v) is 7.83. The van der Waals surface area contributed by atoms with E-state index in [2.05, 4.69) is 0 Å². The number of carbonyl (C=O) groups excluding carboxylic acids is 4. The number of ether oxygens (including phenoxy) is 2. The van der Waals surface area contributed by atoms with Crippen LogP contribution in [0.15, 0.2) is 42.0 Å². The van der Waals surface area contributed by atoms with E-state index in [1.165, 1.54) is 12.1 Å². The van der Waals surface area contributed by atoms with Crippen LogP contribution >= 0.6 is 0 Å². The van der Waals surface area contributed by atoms with Gasteiger partial charge in [0.1, 0.15) is 17.3 Å². The van der Waals surface area contributed by atoms with Gasteiger partial charge in [-0.2, -0.15) is 0 Å². The van der Waals surface area contributed by atoms with Gasteiger partial charge in [-0.1, -0.05) is 24.3 Å². The predicted octanol–water partition coefficient (Wildman–Crippen LogP) is 2.70. The van der Waals surface area contributed by atoms with E-state index in [0.29, 0.717) is 16.7 Å². The van der Waals surface area contributed by atoms with E-state index in [1.54, 1.807) is 31.2 Å². The van der Waals surface area contributed by atoms with Crippen LogP contribution in [0.4, 0.5) is 0 Å². The van der Waals surface area contributed by atoms with Gasteiger partial charge in [-0.3, -0.25) is 19.2 Å². The first-order chi connectivity index (χ1) is 19.9. The molecule has 0 radical (unpaired) electrons. The molecule has 42 heavy (non-hydrogen) atoms. The number of carbonyl (C=O) groups is 4. The molecule has 6 aliphatic rings. The van der Waals surface area contributed by atoms with Crippen molar-refractivity contribution in [2.45, 2.75) is 56.3 Å². The van der Waals surface area contributed by atoms with Gasteiger partial charge in [-0.25, -0.2) is 0 Å². The summed E-state index contributed by atoms with van der Waals surface area (Å²) in [5.41, 5.74) is -1.72. The predicted molar refractivity (Wildman–Crippen MR) is 145 cm³/mol. The summed E-state index contributed by atoms with van der Waals surface area (Å²) in [4.78, 5) is 53.8. The van der Waals surface area contributed by atoms with Crippen LogP contribution in [0.25, 0.3) is 5.76 Å². The third-order valence-corrected chi connectivity index (χ3v) is 9.72. The Balaban J connectivity index is 1.45. The molecule has 10 heteroatoms. The molecule has 216 valence electrons. The van der Waals surface area contributed by atoms with Crippen LogP contribution in [0.5, 0.6) is 11.5 Å². The molecule has 0 saturated heterocycles. The van der Waals surface area contributed by atoms with Crippen LogP contribution in [0.2, 0.25) is 0 Å². The minimum absolute atomic E-state index is 0.0169. The number of ketones is 3. The normalized spacial score (nSPS) is 32.2. The van der Waals surface area contributed by atoms with Gasteiger partial charge in [0, 0.05) is 17.4 Å². The zero-order chi connectivity index (χ0) is 29.9. The van der Waals surface area contributed by atoms with Crippen molar-refractivity contribution in [3.05, 3.63) is 75.4 Å². The minimum atomic E-state index is -1.95. The number of aliphatic hydroxyl groups is 3. The first-order valence-corrected chi connectivity index (χ1v) is 13.8. The molecule has 0 amide bonds. The Morgan fingerprint density at radius 2 is 1.90 bits per heavy atom. The average molecular weight is 573 g/mol. The summed E-state index contributed by atoms with van der Waals surface area (Å²) in [6.07, 6.45) is 0.0469. The highest BCUT2D eigenvalue weighted by molar-refractivity contribution is 6.18. The number of aryl methyl sites for hydroxylation is 1. The Labute approximate surface area is 239 Å². The summed E-state index contributed by atoms with van der Waals surface area (Å²) in [7, 11) is 1.16. The lowest BCUT2D eigenvalue weighted by molar-refractivity contribution is -0.150. The Kier molecular flexibility index (Phi) is 5.46. The first kappa shape index (κ1) is 26.6. The number of phenolic OH excluding ortho intramolecular Hbond substituents is 1. The summed E-state index contributed by atoms with van der Waals surface area (Å²) in [5.74, 6) is -5.45. The highest BCUT2D eigenvalue weighted by Crippen LogP contribution is 2.61. The lowest BCUT2D eigenvalue weighted by Gasteiger charge is -2.46. The number of esters is 1. The van der Waals surface area contributed by atoms with Crippen molar-refractivity contribution in [2.75, 3.05) is 7.11 Å². The van der Waals surface area contributed by atoms with Crippen molar-refractivity contribution in [3.8, 4) is 11.5 Å². The van der Waals surface area contributed by atoms with Crippen LogP contribution < -0.4 is 4.74 Å². The summed E-state index contributed by atoms with van der Waals surface area (Å²) >= 11 is 0. The number of Topliss-reactive ketones (excluding diaryl/α,β-unsaturated/α-hetero) is 3. The van der Waals surface area contributed by atoms with Gasteiger partial charge in [0.2, 0.25) is 0 Å². The third kappa shape index (κ3) is 3.16. The number of allylic oxidation sites excluding steroid dienone is 1. The maximum Gasteiger partial charge on any atom is 0.310 e. The Hall–Kier alpha value is -4.28. The van der Waals surface area contributed by atoms with E-state index in [-0.39, 0.29) is 53.0 Å². The lowest BCUT2D eigenvalue weighted by atomic mass is 9.56. The van der Waals surface area contributed by atoms with Gasteiger partial charge in [0.25, 0.3) is 0 Å². The fraction of sp³-hybridized carbons (Fsp3) is 0.375. The minimum Gasteiger partial charge on any atom is -0.507 e. The highest BCUT2D eigenvalue weighted by Gasteiger charge is 2.62. The van der Waals surface area contributed by atoms with Gasteiger partial charge in [-0.15, -0.1) is 0 Å². The van der Waals surface area contributed by atoms with Crippen LogP contribution in [0.1, 0.15) is 69.5 Å². The molecule has 1 saturated carbocycles. The summed E-state index contributed by atoms with van der Waals surface area (Å²) in [6.45, 7) is 1.73. The van der Waals surface area contributed by atoms with Crippen molar-refractivity contribution >= 4 is 29.1 Å². The second kappa shape index (κ2) is 8.62. The number of benzene rings is 2. The number of methoxy groups -OCH3 is 1. The van der Waals surface area contributed by atoms with Crippen LogP contribution in [-0.2, 0) is 25.5 Å². The zero-order valence-corrected chi connectivity index (χ0v) is 22.8. The van der Waals surface area contributed by atoms with E-state index in [4.69, 9.17) is 9.47 Å². The van der Waals surface area contributed by atoms with E-state index in [9.17, 15) is 39.6 Å². The number of phenols is 1. The standard InChI is InChI=1S/C32H28O10/c1-13-9-17-23(19(34)10-13)28(39)25-26(37)15-7-8-31(25,30(17)40)11-14-3-4-16-27(38)24-18(33)5-6-20(35)32(24,12-21(36)41-2)42-29(16)22(14)15/h3-4,7-10,15,20,25,30,34-35,38,40H,5-6,11-12H2,1-2H3/t15-,20-,25?,30+,31+,32+/m1/s1. The molecular formula is C32H28O10. The SMILES string of the molecule is COC(=O)C[C@@]12Oc3c(ccc4c3[C@H]3C=C[C@]5(C4)C(C(=O)c4c(O)cc(C)cc4[C@@H]5O)C3=O)C(O)=C1C(=O)CC[C@H]2O. The Bertz CT molecular complexity index is 1720. The monoisotopic (exact) mass is 572 g/mol. The van der Waals surface area contributed by atoms with Crippen molar-refractivity contribution in [3.63, 3.8) is 0 Å². The molecule has 2 aromatic carbocycles. The molecule has 1 heterocycles. The van der Waals surface area contributed by atoms with Crippen LogP contribution in [-0.4, -0.2) is 62.6 Å². The molecule has 6 atom stereocenters. The molecular weight excluding hydrogens is 544 g/mol. The second-order valence-electron chi connectivity index (χ2n) is 11.9. The Morgan fingerprint density at radius 1 is 1.14 bits per heavy atom. The van der Waals surface area contributed by atoms with Gasteiger partial charge >= 0.3 is 5.97 Å². The lowest BCUT2D eigenvalue weighted by Crippen LogP contribution is -2.57. The van der Waals surface area contributed by atoms with Gasteiger partial charge in [-0.05, 0) is 48.6 Å². The molecule has 2 aromatic rings. The quantitative estimate of drug-likeness (QED) is 0.239. The largest absolute Gasteiger partial charge is 0.507 e. The number of hydrogen-bond donors (Lipinski definition) is 4. The molecule has 2 bridgehead atoms. The molecule has 5 aliphatic carbocycles. The molecule has 0 aromatic heterocycles. The zero-order valence-electron chi connectivity index (χ0n) is 22.8. The summed E-state index contributed by atoms with van der Waals surface area (Å²) in [5, 5.41) is 45.1. The molecule has 4 N–H and O–H groups in total. The van der Waals surface area contributed by atoms with Gasteiger partial charge in [0.05, 0.1) is 54.3 Å². The van der Waals surface area contributed by atoms with Crippen molar-refractivity contribution < 1.29 is 49.1 Å². The second-order valence-corrected chi connectivity index (χ2v) is 11.9. The first-order valence-electron chi connectivity index (χ1n) is 13.8. The van der Waals surface area contributed by atoms with E-state index in [0.717, 1.165) is 7.11 Å².